The first-order valence-electron chi connectivity index (χ1n) is 9.59. The van der Waals surface area contributed by atoms with Gasteiger partial charge in [0.1, 0.15) is 12.4 Å². The van der Waals surface area contributed by atoms with Gasteiger partial charge in [-0.25, -0.2) is 4.99 Å². The molecule has 0 aliphatic carbocycles. The van der Waals surface area contributed by atoms with Crippen LogP contribution < -0.4 is 15.4 Å². The summed E-state index contributed by atoms with van der Waals surface area (Å²) in [6.07, 6.45) is 4.32. The summed E-state index contributed by atoms with van der Waals surface area (Å²) in [6, 6.07) is 13.8. The molecule has 1 aliphatic heterocycles. The maximum absolute atomic E-state index is 5.84. The minimum Gasteiger partial charge on any atom is -0.487 e. The second-order valence-corrected chi connectivity index (χ2v) is 6.47. The van der Waals surface area contributed by atoms with E-state index in [-0.39, 0.29) is 30.1 Å². The zero-order valence-electron chi connectivity index (χ0n) is 16.3. The van der Waals surface area contributed by atoms with E-state index in [2.05, 4.69) is 33.6 Å². The standard InChI is InChI=1S/C21H28N4O2.HI/c1-2-22-21(25-15-20-10-6-12-26-20)24-14-17-7-5-9-19(13-17)27-16-18-8-3-4-11-23-18;/h3-5,7-9,11,13,20H,2,6,10,12,14-16H2,1H3,(H2,22,24,25);1H. The van der Waals surface area contributed by atoms with E-state index in [1.54, 1.807) is 6.20 Å². The highest BCUT2D eigenvalue weighted by Crippen LogP contribution is 2.15. The predicted octanol–water partition coefficient (Wildman–Crippen LogP) is 3.51. The molecule has 1 aliphatic rings. The first-order chi connectivity index (χ1) is 13.3. The summed E-state index contributed by atoms with van der Waals surface area (Å²) >= 11 is 0. The molecule has 0 radical (unpaired) electrons. The van der Waals surface area contributed by atoms with Crippen molar-refractivity contribution in [1.29, 1.82) is 0 Å². The van der Waals surface area contributed by atoms with Gasteiger partial charge in [-0.2, -0.15) is 0 Å². The number of ether oxygens (including phenoxy) is 2. The maximum atomic E-state index is 5.84. The SMILES string of the molecule is CCNC(=NCc1cccc(OCc2ccccn2)c1)NCC1CCCO1.I. The molecule has 1 fully saturated rings. The minimum atomic E-state index is 0. The number of nitrogens with one attached hydrogen (secondary N) is 2. The van der Waals surface area contributed by atoms with E-state index in [0.717, 1.165) is 55.5 Å². The summed E-state index contributed by atoms with van der Waals surface area (Å²) in [7, 11) is 0. The van der Waals surface area contributed by atoms with E-state index >= 15 is 0 Å². The molecular formula is C21H29IN4O2. The molecule has 3 rings (SSSR count). The van der Waals surface area contributed by atoms with Gasteiger partial charge in [0.2, 0.25) is 0 Å². The summed E-state index contributed by atoms with van der Waals surface area (Å²) in [5.74, 6) is 1.64. The first kappa shape index (κ1) is 22.4. The second kappa shape index (κ2) is 12.6. The molecular weight excluding hydrogens is 467 g/mol. The molecule has 0 spiro atoms. The number of halogens is 1. The van der Waals surface area contributed by atoms with Crippen molar-refractivity contribution in [2.75, 3.05) is 19.7 Å². The molecule has 1 saturated heterocycles. The Morgan fingerprint density at radius 1 is 1.25 bits per heavy atom. The van der Waals surface area contributed by atoms with Crippen LogP contribution in [0.1, 0.15) is 31.0 Å². The van der Waals surface area contributed by atoms with Crippen LogP contribution in [0, 0.1) is 0 Å². The summed E-state index contributed by atoms with van der Waals surface area (Å²) in [6.45, 7) is 5.59. The van der Waals surface area contributed by atoms with Gasteiger partial charge >= 0.3 is 0 Å². The molecule has 2 aromatic rings. The number of nitrogens with zero attached hydrogens (tertiary/aromatic N) is 2. The molecule has 1 unspecified atom stereocenters. The molecule has 6 nitrogen and oxygen atoms in total. The second-order valence-electron chi connectivity index (χ2n) is 6.47. The summed E-state index contributed by atoms with van der Waals surface area (Å²) in [5, 5.41) is 6.65. The molecule has 0 saturated carbocycles. The van der Waals surface area contributed by atoms with Crippen molar-refractivity contribution in [3.8, 4) is 5.75 Å². The number of benzene rings is 1. The number of guanidine groups is 1. The fourth-order valence-electron chi connectivity index (χ4n) is 2.90. The molecule has 1 aromatic carbocycles. The highest BCUT2D eigenvalue weighted by atomic mass is 127. The van der Waals surface area contributed by atoms with E-state index in [9.17, 15) is 0 Å². The molecule has 7 heteroatoms. The van der Waals surface area contributed by atoms with Crippen molar-refractivity contribution in [3.05, 3.63) is 59.9 Å². The Morgan fingerprint density at radius 2 is 2.18 bits per heavy atom. The van der Waals surface area contributed by atoms with E-state index in [4.69, 9.17) is 9.47 Å². The van der Waals surface area contributed by atoms with Crippen LogP contribution >= 0.6 is 24.0 Å². The topological polar surface area (TPSA) is 67.8 Å². The van der Waals surface area contributed by atoms with Gasteiger partial charge in [0, 0.05) is 25.9 Å². The zero-order chi connectivity index (χ0) is 18.7. The zero-order valence-corrected chi connectivity index (χ0v) is 18.6. The lowest BCUT2D eigenvalue weighted by Gasteiger charge is -2.15. The van der Waals surface area contributed by atoms with Gasteiger partial charge < -0.3 is 20.1 Å². The predicted molar refractivity (Wildman–Crippen MR) is 122 cm³/mol. The monoisotopic (exact) mass is 496 g/mol. The Bertz CT molecular complexity index is 721. The highest BCUT2D eigenvalue weighted by Gasteiger charge is 2.15. The molecule has 28 heavy (non-hydrogen) atoms. The van der Waals surface area contributed by atoms with Crippen molar-refractivity contribution in [1.82, 2.24) is 15.6 Å². The lowest BCUT2D eigenvalue weighted by molar-refractivity contribution is 0.114. The number of pyridine rings is 1. The van der Waals surface area contributed by atoms with Crippen LogP contribution in [0.2, 0.25) is 0 Å². The molecule has 0 amide bonds. The number of hydrogen-bond donors (Lipinski definition) is 2. The van der Waals surface area contributed by atoms with Gasteiger partial charge in [-0.05, 0) is 49.6 Å². The molecule has 1 atom stereocenters. The lowest BCUT2D eigenvalue weighted by Crippen LogP contribution is -2.41. The van der Waals surface area contributed by atoms with Crippen molar-refractivity contribution in [2.24, 2.45) is 4.99 Å². The number of rotatable bonds is 8. The van der Waals surface area contributed by atoms with E-state index in [1.807, 2.05) is 36.4 Å². The number of hydrogen-bond acceptors (Lipinski definition) is 4. The van der Waals surface area contributed by atoms with Gasteiger partial charge in [-0.3, -0.25) is 4.98 Å². The van der Waals surface area contributed by atoms with Crippen molar-refractivity contribution < 1.29 is 9.47 Å². The van der Waals surface area contributed by atoms with Crippen molar-refractivity contribution in [2.45, 2.75) is 39.0 Å². The van der Waals surface area contributed by atoms with E-state index in [0.29, 0.717) is 13.2 Å². The summed E-state index contributed by atoms with van der Waals surface area (Å²) in [5.41, 5.74) is 2.01. The Labute approximate surface area is 184 Å². The third-order valence-corrected chi connectivity index (χ3v) is 4.30. The Balaban J connectivity index is 0.00000280. The van der Waals surface area contributed by atoms with Gasteiger partial charge in [-0.1, -0.05) is 18.2 Å². The summed E-state index contributed by atoms with van der Waals surface area (Å²) < 4.78 is 11.5. The molecule has 2 heterocycles. The Morgan fingerprint density at radius 3 is 2.93 bits per heavy atom. The van der Waals surface area contributed by atoms with E-state index < -0.39 is 0 Å². The quantitative estimate of drug-likeness (QED) is 0.333. The third-order valence-electron chi connectivity index (χ3n) is 4.30. The van der Waals surface area contributed by atoms with Gasteiger partial charge in [0.15, 0.2) is 5.96 Å². The smallest absolute Gasteiger partial charge is 0.191 e. The van der Waals surface area contributed by atoms with Crippen LogP contribution in [0.4, 0.5) is 0 Å². The largest absolute Gasteiger partial charge is 0.487 e. The number of aliphatic imine (C=N–C) groups is 1. The minimum absolute atomic E-state index is 0. The van der Waals surface area contributed by atoms with E-state index in [1.165, 1.54) is 0 Å². The van der Waals surface area contributed by atoms with Crippen LogP contribution in [0.15, 0.2) is 53.7 Å². The number of aromatic nitrogens is 1. The van der Waals surface area contributed by atoms with Crippen LogP contribution in [0.25, 0.3) is 0 Å². The van der Waals surface area contributed by atoms with Crippen molar-refractivity contribution in [3.63, 3.8) is 0 Å². The normalized spacial score (nSPS) is 16.3. The average molecular weight is 496 g/mol. The van der Waals surface area contributed by atoms with Crippen LogP contribution in [-0.2, 0) is 17.9 Å². The molecule has 2 N–H and O–H groups in total. The first-order valence-corrected chi connectivity index (χ1v) is 9.59. The van der Waals surface area contributed by atoms with Gasteiger partial charge in [0.25, 0.3) is 0 Å². The maximum Gasteiger partial charge on any atom is 0.191 e. The third kappa shape index (κ3) is 7.63. The Kier molecular flexibility index (Phi) is 10.1. The Hall–Kier alpha value is -1.87. The molecule has 1 aromatic heterocycles. The van der Waals surface area contributed by atoms with Crippen LogP contribution in [-0.4, -0.2) is 36.7 Å². The van der Waals surface area contributed by atoms with Gasteiger partial charge in [-0.15, -0.1) is 24.0 Å². The average Bonchev–Trinajstić information content (AvgIpc) is 3.23. The molecule has 0 bridgehead atoms. The van der Waals surface area contributed by atoms with Crippen molar-refractivity contribution >= 4 is 29.9 Å². The highest BCUT2D eigenvalue weighted by molar-refractivity contribution is 14.0. The lowest BCUT2D eigenvalue weighted by atomic mass is 10.2. The van der Waals surface area contributed by atoms with Gasteiger partial charge in [0.05, 0.1) is 18.3 Å². The van der Waals surface area contributed by atoms with Crippen LogP contribution in [0.5, 0.6) is 5.75 Å². The molecule has 152 valence electrons. The fraction of sp³-hybridized carbons (Fsp3) is 0.429. The fourth-order valence-corrected chi connectivity index (χ4v) is 2.90. The van der Waals surface area contributed by atoms with Crippen LogP contribution in [0.3, 0.4) is 0 Å². The summed E-state index contributed by atoms with van der Waals surface area (Å²) in [4.78, 5) is 8.95.